The fourth-order valence-corrected chi connectivity index (χ4v) is 14.0. The maximum atomic E-state index is 6.11. The van der Waals surface area contributed by atoms with E-state index in [1.807, 2.05) is 0 Å². The third kappa shape index (κ3) is 7.61. The molecule has 0 saturated carbocycles. The zero-order chi connectivity index (χ0) is 33.5. The summed E-state index contributed by atoms with van der Waals surface area (Å²) in [6, 6.07) is 48.5. The Morgan fingerprint density at radius 1 is 0.646 bits per heavy atom. The van der Waals surface area contributed by atoms with Crippen LogP contribution in [0.5, 0.6) is 5.75 Å². The van der Waals surface area contributed by atoms with Gasteiger partial charge in [0.1, 0.15) is 0 Å². The Labute approximate surface area is 291 Å². The van der Waals surface area contributed by atoms with E-state index in [0.29, 0.717) is 11.8 Å². The quantitative estimate of drug-likeness (QED) is 0.134. The molecule has 5 aromatic rings. The summed E-state index contributed by atoms with van der Waals surface area (Å²) in [5.41, 5.74) is 9.36. The molecular formula is C43H49N3OTi. The number of nitrogens with zero attached hydrogens (tertiary/aromatic N) is 2. The SMILES string of the molecule is COc1ccccc1N1C(=[N][Ti]([CH2]c2ccccc2)([CH2]c2ccccc2)[CH2]c2ccccc2)NCC1c1c(C(C)C)cccc1C(C)C. The van der Waals surface area contributed by atoms with Crippen LogP contribution in [0.3, 0.4) is 0 Å². The van der Waals surface area contributed by atoms with Crippen molar-refractivity contribution in [1.29, 1.82) is 0 Å². The summed E-state index contributed by atoms with van der Waals surface area (Å²) in [5.74, 6) is 2.62. The molecule has 1 fully saturated rings. The van der Waals surface area contributed by atoms with E-state index < -0.39 is 16.8 Å². The molecule has 1 N–H and O–H groups in total. The van der Waals surface area contributed by atoms with Gasteiger partial charge in [0.05, 0.1) is 0 Å². The van der Waals surface area contributed by atoms with Gasteiger partial charge in [-0.2, -0.15) is 0 Å². The zero-order valence-corrected chi connectivity index (χ0v) is 30.6. The van der Waals surface area contributed by atoms with Crippen LogP contribution < -0.4 is 15.0 Å². The van der Waals surface area contributed by atoms with Gasteiger partial charge in [0.25, 0.3) is 0 Å². The molecule has 0 radical (unpaired) electrons. The molecule has 0 spiro atoms. The van der Waals surface area contributed by atoms with Crippen molar-refractivity contribution in [3.05, 3.63) is 167 Å². The number of anilines is 1. The van der Waals surface area contributed by atoms with E-state index in [0.717, 1.165) is 38.1 Å². The van der Waals surface area contributed by atoms with Gasteiger partial charge in [-0.15, -0.1) is 0 Å². The Balaban J connectivity index is 1.59. The van der Waals surface area contributed by atoms with Gasteiger partial charge in [-0.1, -0.05) is 0 Å². The van der Waals surface area contributed by atoms with E-state index >= 15 is 0 Å². The van der Waals surface area contributed by atoms with Crippen molar-refractivity contribution >= 4 is 11.6 Å². The van der Waals surface area contributed by atoms with Crippen molar-refractivity contribution in [3.8, 4) is 5.75 Å². The topological polar surface area (TPSA) is 36.9 Å². The summed E-state index contributed by atoms with van der Waals surface area (Å²) in [6.45, 7) is 10.0. The summed E-state index contributed by atoms with van der Waals surface area (Å²) in [5, 5.41) is 3.92. The predicted octanol–water partition coefficient (Wildman–Crippen LogP) is 10.1. The predicted molar refractivity (Wildman–Crippen MR) is 199 cm³/mol. The number of methoxy groups -OCH3 is 1. The van der Waals surface area contributed by atoms with Crippen LogP contribution >= 0.6 is 0 Å². The van der Waals surface area contributed by atoms with Crippen molar-refractivity contribution in [3.63, 3.8) is 0 Å². The fraction of sp³-hybridized carbons (Fsp3) is 0.279. The van der Waals surface area contributed by atoms with Crippen LogP contribution in [0.25, 0.3) is 0 Å². The Hall–Kier alpha value is -4.12. The molecule has 0 amide bonds. The van der Waals surface area contributed by atoms with E-state index in [1.165, 1.54) is 33.4 Å². The first-order valence-corrected chi connectivity index (χ1v) is 21.4. The number of hydrogen-bond donors (Lipinski definition) is 1. The number of ether oxygens (including phenoxy) is 1. The molecule has 5 heteroatoms. The van der Waals surface area contributed by atoms with E-state index in [4.69, 9.17) is 8.21 Å². The van der Waals surface area contributed by atoms with Crippen LogP contribution in [0.1, 0.15) is 79.0 Å². The van der Waals surface area contributed by atoms with Crippen LogP contribution in [0.15, 0.2) is 137 Å². The molecule has 1 aliphatic rings. The molecular weight excluding hydrogens is 622 g/mol. The standard InChI is InChI=1S/C22H28N3O.3C7H7.Ti/c1-14(2)16-9-8-10-17(15(3)4)21(16)19-13-24-22(23)25(19)18-11-6-7-12-20(18)26-5;3*1-7-5-3-2-4-6-7;/h6-12,14-15,19H,13H2,1-5H3,(H-,23,24);3*2-6H,1H2;/q-1;;;;+1. The van der Waals surface area contributed by atoms with Gasteiger partial charge in [0.2, 0.25) is 0 Å². The molecule has 0 aliphatic carbocycles. The molecule has 4 nitrogen and oxygen atoms in total. The summed E-state index contributed by atoms with van der Waals surface area (Å²) >= 11 is -3.27. The molecule has 1 atom stereocenters. The van der Waals surface area contributed by atoms with Gasteiger partial charge in [0, 0.05) is 0 Å². The first-order chi connectivity index (χ1) is 23.4. The summed E-state index contributed by atoms with van der Waals surface area (Å²) in [6.07, 6.45) is 0. The van der Waals surface area contributed by atoms with Gasteiger partial charge >= 0.3 is 293 Å². The molecule has 1 aliphatic heterocycles. The Morgan fingerprint density at radius 3 is 1.56 bits per heavy atom. The van der Waals surface area contributed by atoms with E-state index in [1.54, 1.807) is 7.11 Å². The number of rotatable bonds is 12. The van der Waals surface area contributed by atoms with Gasteiger partial charge in [-0.05, 0) is 0 Å². The molecule has 1 saturated heterocycles. The minimum absolute atomic E-state index is 0.0707. The maximum absolute atomic E-state index is 6.11. The number of hydrogen-bond acceptors (Lipinski definition) is 2. The molecule has 48 heavy (non-hydrogen) atoms. The van der Waals surface area contributed by atoms with Gasteiger partial charge < -0.3 is 0 Å². The second-order valence-electron chi connectivity index (χ2n) is 13.7. The third-order valence-electron chi connectivity index (χ3n) is 9.56. The molecule has 1 unspecified atom stereocenters. The number of benzene rings is 5. The zero-order valence-electron chi connectivity index (χ0n) is 29.1. The monoisotopic (exact) mass is 671 g/mol. The average molecular weight is 672 g/mol. The first-order valence-electron chi connectivity index (χ1n) is 17.4. The van der Waals surface area contributed by atoms with Gasteiger partial charge in [0.15, 0.2) is 0 Å². The Bertz CT molecular complexity index is 1680. The van der Waals surface area contributed by atoms with Crippen molar-refractivity contribution in [2.45, 2.75) is 59.7 Å². The van der Waals surface area contributed by atoms with E-state index in [9.17, 15) is 0 Å². The molecule has 1 heterocycles. The molecule has 246 valence electrons. The summed E-state index contributed by atoms with van der Waals surface area (Å²) < 4.78 is 15.1. The van der Waals surface area contributed by atoms with Crippen molar-refractivity contribution in [2.75, 3.05) is 18.6 Å². The van der Waals surface area contributed by atoms with E-state index in [-0.39, 0.29) is 6.04 Å². The number of nitrogens with one attached hydrogen (secondary N) is 1. The van der Waals surface area contributed by atoms with Crippen LogP contribution in [0.4, 0.5) is 5.69 Å². The van der Waals surface area contributed by atoms with Crippen molar-refractivity contribution < 1.29 is 21.6 Å². The fourth-order valence-electron chi connectivity index (χ4n) is 7.40. The number of guanidine groups is 1. The second kappa shape index (κ2) is 15.4. The van der Waals surface area contributed by atoms with Gasteiger partial charge in [-0.3, -0.25) is 0 Å². The summed E-state index contributed by atoms with van der Waals surface area (Å²) in [4.78, 5) is 2.48. The third-order valence-corrected chi connectivity index (χ3v) is 15.6. The molecule has 0 bridgehead atoms. The van der Waals surface area contributed by atoms with Crippen LogP contribution in [0, 0.1) is 0 Å². The Kier molecular flexibility index (Phi) is 10.8. The normalized spacial score (nSPS) is 15.7. The summed E-state index contributed by atoms with van der Waals surface area (Å²) in [7, 11) is 1.78. The second-order valence-corrected chi connectivity index (χ2v) is 19.6. The minimum atomic E-state index is -3.27. The van der Waals surface area contributed by atoms with E-state index in [2.05, 4.69) is 171 Å². The van der Waals surface area contributed by atoms with Gasteiger partial charge in [-0.25, -0.2) is 0 Å². The molecule has 0 aromatic heterocycles. The molecule has 6 rings (SSSR count). The van der Waals surface area contributed by atoms with Crippen molar-refractivity contribution in [1.82, 2.24) is 5.32 Å². The van der Waals surface area contributed by atoms with Crippen LogP contribution in [-0.4, -0.2) is 19.6 Å². The van der Waals surface area contributed by atoms with Crippen molar-refractivity contribution in [2.24, 2.45) is 3.47 Å². The number of para-hydroxylation sites is 2. The first kappa shape index (κ1) is 33.8. The van der Waals surface area contributed by atoms with Crippen LogP contribution in [-0.2, 0) is 31.0 Å². The Morgan fingerprint density at radius 2 is 1.10 bits per heavy atom. The average Bonchev–Trinajstić information content (AvgIpc) is 3.51. The van der Waals surface area contributed by atoms with Crippen LogP contribution in [0.2, 0.25) is 0 Å². The molecule has 5 aromatic carbocycles.